The van der Waals surface area contributed by atoms with Gasteiger partial charge in [0.05, 0.1) is 17.0 Å². The molecule has 0 saturated carbocycles. The van der Waals surface area contributed by atoms with Gasteiger partial charge in [0.15, 0.2) is 0 Å². The van der Waals surface area contributed by atoms with Gasteiger partial charge >= 0.3 is 5.97 Å². The number of nitriles is 1. The van der Waals surface area contributed by atoms with Crippen LogP contribution in [-0.4, -0.2) is 11.1 Å². The molecule has 0 spiro atoms. The Morgan fingerprint density at radius 1 is 1.28 bits per heavy atom. The molecular formula is C19H12N2O2S2. The number of rotatable bonds is 4. The van der Waals surface area contributed by atoms with Crippen LogP contribution in [0.3, 0.4) is 0 Å². The topological polar surface area (TPSA) is 65.4 Å². The molecule has 6 heteroatoms. The molecule has 3 aromatic rings. The molecule has 0 unspecified atom stereocenters. The highest BCUT2D eigenvalue weighted by Crippen LogP contribution is 2.44. The summed E-state index contributed by atoms with van der Waals surface area (Å²) >= 11 is 2.66. The number of hydrogen-bond acceptors (Lipinski definition) is 4. The van der Waals surface area contributed by atoms with Crippen molar-refractivity contribution in [2.45, 2.75) is 13.3 Å². The smallest absolute Gasteiger partial charge is 0.345 e. The predicted octanol–water partition coefficient (Wildman–Crippen LogP) is 5.83. The van der Waals surface area contributed by atoms with Crippen molar-refractivity contribution in [1.82, 2.24) is 0 Å². The quantitative estimate of drug-likeness (QED) is 0.593. The van der Waals surface area contributed by atoms with Crippen LogP contribution in [0, 0.1) is 17.9 Å². The zero-order chi connectivity index (χ0) is 18.0. The minimum Gasteiger partial charge on any atom is -0.477 e. The lowest BCUT2D eigenvalue weighted by Crippen LogP contribution is -1.94. The lowest BCUT2D eigenvalue weighted by molar-refractivity contribution is 0.0703. The average molecular weight is 364 g/mol. The van der Waals surface area contributed by atoms with E-state index in [4.69, 9.17) is 11.8 Å². The Morgan fingerprint density at radius 3 is 2.52 bits per heavy atom. The van der Waals surface area contributed by atoms with E-state index in [1.807, 2.05) is 36.6 Å². The molecule has 0 saturated heterocycles. The molecule has 1 N–H and O–H groups in total. The van der Waals surface area contributed by atoms with Crippen LogP contribution >= 0.6 is 22.7 Å². The first-order chi connectivity index (χ1) is 12.1. The molecule has 25 heavy (non-hydrogen) atoms. The molecular weight excluding hydrogens is 352 g/mol. The number of nitrogens with zero attached hydrogens (tertiary/aromatic N) is 2. The van der Waals surface area contributed by atoms with E-state index < -0.39 is 5.97 Å². The van der Waals surface area contributed by atoms with Gasteiger partial charge in [0.25, 0.3) is 0 Å². The fraction of sp³-hybridized carbons (Fsp3) is 0.105. The summed E-state index contributed by atoms with van der Waals surface area (Å²) in [6.45, 7) is 9.36. The summed E-state index contributed by atoms with van der Waals surface area (Å²) in [5.41, 5.74) is 3.14. The van der Waals surface area contributed by atoms with Crippen LogP contribution < -0.4 is 0 Å². The Labute approximate surface area is 153 Å². The van der Waals surface area contributed by atoms with Gasteiger partial charge in [-0.1, -0.05) is 31.2 Å². The number of carboxylic acids is 1. The van der Waals surface area contributed by atoms with Gasteiger partial charge in [0.2, 0.25) is 5.69 Å². The van der Waals surface area contributed by atoms with E-state index in [0.29, 0.717) is 28.8 Å². The van der Waals surface area contributed by atoms with E-state index in [0.717, 1.165) is 15.3 Å². The summed E-state index contributed by atoms with van der Waals surface area (Å²) < 4.78 is 0. The zero-order valence-corrected chi connectivity index (χ0v) is 14.9. The van der Waals surface area contributed by atoms with Gasteiger partial charge < -0.3 is 5.11 Å². The fourth-order valence-electron chi connectivity index (χ4n) is 2.65. The van der Waals surface area contributed by atoms with Crippen molar-refractivity contribution in [3.05, 3.63) is 62.4 Å². The highest BCUT2D eigenvalue weighted by molar-refractivity contribution is 7.15. The number of carbonyl (C=O) groups is 1. The SMILES string of the molecule is [C-]#[N+]c1c(CC)sc(C(=O)O)c1-c1ccc(-c2sccc2C#N)cc1. The van der Waals surface area contributed by atoms with E-state index in [2.05, 4.69) is 10.9 Å². The van der Waals surface area contributed by atoms with Crippen molar-refractivity contribution in [3.63, 3.8) is 0 Å². The normalized spacial score (nSPS) is 10.2. The van der Waals surface area contributed by atoms with Gasteiger partial charge in [-0.25, -0.2) is 9.64 Å². The Kier molecular flexibility index (Phi) is 4.67. The maximum atomic E-state index is 11.6. The maximum absolute atomic E-state index is 11.6. The van der Waals surface area contributed by atoms with Crippen molar-refractivity contribution >= 4 is 34.3 Å². The number of carboxylic acid groups (broad SMARTS) is 1. The van der Waals surface area contributed by atoms with E-state index >= 15 is 0 Å². The van der Waals surface area contributed by atoms with Gasteiger partial charge in [-0.05, 0) is 29.0 Å². The molecule has 4 nitrogen and oxygen atoms in total. The largest absolute Gasteiger partial charge is 0.477 e. The van der Waals surface area contributed by atoms with Crippen LogP contribution in [0.1, 0.15) is 27.0 Å². The summed E-state index contributed by atoms with van der Waals surface area (Å²) in [6, 6.07) is 11.3. The molecule has 2 aromatic heterocycles. The van der Waals surface area contributed by atoms with Crippen molar-refractivity contribution in [2.75, 3.05) is 0 Å². The molecule has 0 atom stereocenters. The van der Waals surface area contributed by atoms with Crippen LogP contribution in [0.2, 0.25) is 0 Å². The monoisotopic (exact) mass is 364 g/mol. The van der Waals surface area contributed by atoms with Crippen LogP contribution in [0.4, 0.5) is 5.69 Å². The lowest BCUT2D eigenvalue weighted by atomic mass is 10.0. The minimum atomic E-state index is -1.02. The molecule has 0 aliphatic carbocycles. The summed E-state index contributed by atoms with van der Waals surface area (Å²) in [6.07, 6.45) is 0.626. The molecule has 0 fully saturated rings. The van der Waals surface area contributed by atoms with E-state index in [9.17, 15) is 9.90 Å². The summed E-state index contributed by atoms with van der Waals surface area (Å²) in [7, 11) is 0. The molecule has 3 rings (SSSR count). The first kappa shape index (κ1) is 16.9. The number of benzene rings is 1. The van der Waals surface area contributed by atoms with Crippen LogP contribution in [0.5, 0.6) is 0 Å². The van der Waals surface area contributed by atoms with Crippen molar-refractivity contribution in [1.29, 1.82) is 5.26 Å². The molecule has 122 valence electrons. The molecule has 1 aromatic carbocycles. The second-order valence-corrected chi connectivity index (χ2v) is 7.22. The maximum Gasteiger partial charge on any atom is 0.345 e. The fourth-order valence-corrected chi connectivity index (χ4v) is 4.55. The molecule has 0 amide bonds. The molecule has 2 heterocycles. The second kappa shape index (κ2) is 6.90. The number of aryl methyl sites for hydroxylation is 1. The summed E-state index contributed by atoms with van der Waals surface area (Å²) in [4.78, 5) is 17.1. The summed E-state index contributed by atoms with van der Waals surface area (Å²) in [5.74, 6) is -1.02. The zero-order valence-electron chi connectivity index (χ0n) is 13.2. The number of aromatic carboxylic acids is 1. The van der Waals surface area contributed by atoms with Gasteiger partial charge in [-0.2, -0.15) is 5.26 Å². The van der Waals surface area contributed by atoms with Gasteiger partial charge in [-0.15, -0.1) is 22.7 Å². The van der Waals surface area contributed by atoms with Crippen molar-refractivity contribution < 1.29 is 9.90 Å². The van der Waals surface area contributed by atoms with Crippen LogP contribution in [0.15, 0.2) is 35.7 Å². The lowest BCUT2D eigenvalue weighted by Gasteiger charge is -2.05. The number of hydrogen-bond donors (Lipinski definition) is 1. The van der Waals surface area contributed by atoms with Crippen LogP contribution in [0.25, 0.3) is 26.4 Å². The van der Waals surface area contributed by atoms with E-state index in [1.54, 1.807) is 6.07 Å². The van der Waals surface area contributed by atoms with E-state index in [-0.39, 0.29) is 4.88 Å². The minimum absolute atomic E-state index is 0.199. The summed E-state index contributed by atoms with van der Waals surface area (Å²) in [5, 5.41) is 20.5. The Hall–Kier alpha value is -2.93. The Morgan fingerprint density at radius 2 is 1.96 bits per heavy atom. The Balaban J connectivity index is 2.13. The first-order valence-electron chi connectivity index (χ1n) is 7.45. The average Bonchev–Trinajstić information content (AvgIpc) is 3.25. The van der Waals surface area contributed by atoms with E-state index in [1.165, 1.54) is 22.7 Å². The first-order valence-corrected chi connectivity index (χ1v) is 9.15. The third-order valence-electron chi connectivity index (χ3n) is 3.80. The second-order valence-electron chi connectivity index (χ2n) is 5.20. The van der Waals surface area contributed by atoms with Crippen molar-refractivity contribution in [3.8, 4) is 27.6 Å². The molecule has 0 bridgehead atoms. The van der Waals surface area contributed by atoms with Crippen molar-refractivity contribution in [2.24, 2.45) is 0 Å². The molecule has 0 aliphatic heterocycles. The highest BCUT2D eigenvalue weighted by Gasteiger charge is 2.23. The standard InChI is InChI=1S/C19H12N2O2S2/c1-3-14-16(21-2)15(18(25-14)19(22)23)11-4-6-12(7-5-11)17-13(10-20)8-9-24-17/h4-9H,3H2,1H3,(H,22,23). The van der Waals surface area contributed by atoms with Crippen LogP contribution in [-0.2, 0) is 6.42 Å². The van der Waals surface area contributed by atoms with Gasteiger partial charge in [0.1, 0.15) is 10.9 Å². The Bertz CT molecular complexity index is 1030. The van der Waals surface area contributed by atoms with Gasteiger partial charge in [0, 0.05) is 10.4 Å². The number of thiophene rings is 2. The molecule has 0 radical (unpaired) electrons. The molecule has 0 aliphatic rings. The third-order valence-corrected chi connectivity index (χ3v) is 6.08. The highest BCUT2D eigenvalue weighted by atomic mass is 32.1. The predicted molar refractivity (Wildman–Crippen MR) is 100 cm³/mol. The van der Waals surface area contributed by atoms with Gasteiger partial charge in [-0.3, -0.25) is 0 Å². The third kappa shape index (κ3) is 2.94.